The van der Waals surface area contributed by atoms with Crippen molar-refractivity contribution < 1.29 is 14.5 Å². The fourth-order valence-corrected chi connectivity index (χ4v) is 3.20. The molecule has 0 spiro atoms. The fourth-order valence-electron chi connectivity index (χ4n) is 3.20. The molecule has 7 nitrogen and oxygen atoms in total. The maximum Gasteiger partial charge on any atom is 0.269 e. The van der Waals surface area contributed by atoms with Crippen LogP contribution >= 0.6 is 0 Å². The number of hydrogen-bond acceptors (Lipinski definition) is 5. The van der Waals surface area contributed by atoms with Crippen LogP contribution in [-0.2, 0) is 11.3 Å². The van der Waals surface area contributed by atoms with Crippen LogP contribution in [0.4, 0.5) is 11.4 Å². The first-order valence-corrected chi connectivity index (χ1v) is 9.16. The molecule has 0 bridgehead atoms. The third kappa shape index (κ3) is 5.08. The Balaban J connectivity index is 1.61. The van der Waals surface area contributed by atoms with E-state index < -0.39 is 4.92 Å². The van der Waals surface area contributed by atoms with E-state index in [1.165, 1.54) is 12.1 Å². The van der Waals surface area contributed by atoms with Gasteiger partial charge in [0, 0.05) is 24.4 Å². The van der Waals surface area contributed by atoms with Gasteiger partial charge in [0.15, 0.2) is 0 Å². The van der Waals surface area contributed by atoms with Gasteiger partial charge in [-0.1, -0.05) is 18.2 Å². The highest BCUT2D eigenvalue weighted by Crippen LogP contribution is 2.23. The smallest absolute Gasteiger partial charge is 0.269 e. The normalized spacial score (nSPS) is 10.9. The number of hydrogen-bond donors (Lipinski definition) is 1. The van der Waals surface area contributed by atoms with Crippen molar-refractivity contribution in [2.75, 3.05) is 26.0 Å². The average Bonchev–Trinajstić information content (AvgIpc) is 2.68. The van der Waals surface area contributed by atoms with Crippen molar-refractivity contribution in [1.82, 2.24) is 4.90 Å². The van der Waals surface area contributed by atoms with Crippen molar-refractivity contribution in [3.63, 3.8) is 0 Å². The molecule has 0 radical (unpaired) electrons. The number of aryl methyl sites for hydroxylation is 1. The van der Waals surface area contributed by atoms with Gasteiger partial charge in [-0.15, -0.1) is 0 Å². The van der Waals surface area contributed by atoms with Crippen LogP contribution in [0.1, 0.15) is 11.1 Å². The van der Waals surface area contributed by atoms with Crippen LogP contribution in [0.15, 0.2) is 54.6 Å². The Morgan fingerprint density at radius 1 is 1.10 bits per heavy atom. The number of fused-ring (bicyclic) bond motifs is 1. The monoisotopic (exact) mass is 393 g/mol. The van der Waals surface area contributed by atoms with E-state index >= 15 is 0 Å². The van der Waals surface area contributed by atoms with Crippen LogP contribution in [0.2, 0.25) is 0 Å². The maximum absolute atomic E-state index is 12.4. The molecule has 0 heterocycles. The zero-order valence-electron chi connectivity index (χ0n) is 16.6. The summed E-state index contributed by atoms with van der Waals surface area (Å²) in [6.45, 7) is 2.56. The molecule has 0 aliphatic heterocycles. The molecule has 0 aliphatic rings. The molecule has 1 N–H and O–H groups in total. The minimum atomic E-state index is -0.452. The number of anilines is 1. The number of nitrogens with zero attached hydrogens (tertiary/aromatic N) is 2. The van der Waals surface area contributed by atoms with Gasteiger partial charge >= 0.3 is 0 Å². The molecule has 0 aromatic heterocycles. The average molecular weight is 393 g/mol. The molecule has 3 rings (SSSR count). The molecule has 0 fully saturated rings. The molecular formula is C22H23N3O4. The molecule has 1 amide bonds. The Bertz CT molecular complexity index is 1070. The summed E-state index contributed by atoms with van der Waals surface area (Å²) in [5.41, 5.74) is 2.34. The molecular weight excluding hydrogens is 370 g/mol. The number of ether oxygens (including phenoxy) is 1. The zero-order chi connectivity index (χ0) is 21.0. The van der Waals surface area contributed by atoms with Gasteiger partial charge in [-0.3, -0.25) is 19.8 Å². The van der Waals surface area contributed by atoms with Gasteiger partial charge in [0.25, 0.3) is 5.69 Å². The Labute approximate surface area is 169 Å². The number of carbonyl (C=O) groups is 1. The lowest BCUT2D eigenvalue weighted by molar-refractivity contribution is -0.384. The number of benzene rings is 3. The van der Waals surface area contributed by atoms with Gasteiger partial charge in [-0.05, 0) is 60.1 Å². The minimum Gasteiger partial charge on any atom is -0.497 e. The second-order valence-corrected chi connectivity index (χ2v) is 7.02. The van der Waals surface area contributed by atoms with Crippen molar-refractivity contribution in [2.24, 2.45) is 0 Å². The van der Waals surface area contributed by atoms with Crippen molar-refractivity contribution in [2.45, 2.75) is 13.5 Å². The summed E-state index contributed by atoms with van der Waals surface area (Å²) < 4.78 is 5.25. The number of non-ortho nitro benzene ring substituents is 1. The predicted octanol–water partition coefficient (Wildman–Crippen LogP) is 4.14. The van der Waals surface area contributed by atoms with Gasteiger partial charge in [0.1, 0.15) is 5.75 Å². The predicted molar refractivity (Wildman–Crippen MR) is 113 cm³/mol. The quantitative estimate of drug-likeness (QED) is 0.482. The lowest BCUT2D eigenvalue weighted by atomic mass is 10.1. The van der Waals surface area contributed by atoms with Gasteiger partial charge in [0.2, 0.25) is 5.91 Å². The Hall–Kier alpha value is -3.45. The first-order chi connectivity index (χ1) is 13.9. The van der Waals surface area contributed by atoms with Crippen LogP contribution in [0.25, 0.3) is 10.8 Å². The van der Waals surface area contributed by atoms with E-state index in [1.807, 2.05) is 42.3 Å². The van der Waals surface area contributed by atoms with Crippen LogP contribution in [-0.4, -0.2) is 36.4 Å². The van der Waals surface area contributed by atoms with Crippen LogP contribution in [0, 0.1) is 17.0 Å². The minimum absolute atomic E-state index is 0.00606. The first kappa shape index (κ1) is 20.3. The number of nitro benzene ring substituents is 1. The summed E-state index contributed by atoms with van der Waals surface area (Å²) in [4.78, 5) is 24.7. The second kappa shape index (κ2) is 8.70. The topological polar surface area (TPSA) is 84.7 Å². The Morgan fingerprint density at radius 2 is 1.83 bits per heavy atom. The first-order valence-electron chi connectivity index (χ1n) is 9.16. The van der Waals surface area contributed by atoms with Crippen molar-refractivity contribution in [3.8, 4) is 5.75 Å². The van der Waals surface area contributed by atoms with Gasteiger partial charge < -0.3 is 10.1 Å². The lowest BCUT2D eigenvalue weighted by Crippen LogP contribution is -2.30. The molecule has 150 valence electrons. The lowest BCUT2D eigenvalue weighted by Gasteiger charge is -2.17. The number of methoxy groups -OCH3 is 1. The summed E-state index contributed by atoms with van der Waals surface area (Å²) in [5, 5.41) is 15.9. The van der Waals surface area contributed by atoms with Gasteiger partial charge in [0.05, 0.1) is 18.6 Å². The second-order valence-electron chi connectivity index (χ2n) is 7.02. The number of amides is 1. The van der Waals surface area contributed by atoms with E-state index in [1.54, 1.807) is 20.1 Å². The van der Waals surface area contributed by atoms with Crippen molar-refractivity contribution in [3.05, 3.63) is 75.8 Å². The highest BCUT2D eigenvalue weighted by Gasteiger charge is 2.12. The number of rotatable bonds is 7. The standard InChI is InChI=1S/C22H23N3O4/c1-15-10-19(25(27)28)7-9-21(15)23-22(26)14-24(2)13-16-4-5-18-12-20(29-3)8-6-17(18)11-16/h4-12H,13-14H2,1-3H3,(H,23,26). The molecule has 29 heavy (non-hydrogen) atoms. The Kier molecular flexibility index (Phi) is 6.09. The summed E-state index contributed by atoms with van der Waals surface area (Å²) in [5.74, 6) is 0.649. The van der Waals surface area contributed by atoms with E-state index in [4.69, 9.17) is 4.74 Å². The molecule has 0 unspecified atom stereocenters. The molecule has 0 saturated carbocycles. The zero-order valence-corrected chi connectivity index (χ0v) is 16.6. The van der Waals surface area contributed by atoms with Crippen molar-refractivity contribution >= 4 is 28.1 Å². The highest BCUT2D eigenvalue weighted by molar-refractivity contribution is 5.93. The largest absolute Gasteiger partial charge is 0.497 e. The molecule has 7 heteroatoms. The summed E-state index contributed by atoms with van der Waals surface area (Å²) in [7, 11) is 3.52. The van der Waals surface area contributed by atoms with E-state index in [0.29, 0.717) is 17.8 Å². The summed E-state index contributed by atoms with van der Waals surface area (Å²) in [6.07, 6.45) is 0. The maximum atomic E-state index is 12.4. The number of carbonyl (C=O) groups excluding carboxylic acids is 1. The van der Waals surface area contributed by atoms with E-state index in [0.717, 1.165) is 22.1 Å². The molecule has 0 atom stereocenters. The SMILES string of the molecule is COc1ccc2cc(CN(C)CC(=O)Nc3ccc([N+](=O)[O-])cc3C)ccc2c1. The van der Waals surface area contributed by atoms with E-state index in [2.05, 4.69) is 11.4 Å². The Morgan fingerprint density at radius 3 is 2.52 bits per heavy atom. The van der Waals surface area contributed by atoms with E-state index in [9.17, 15) is 14.9 Å². The van der Waals surface area contributed by atoms with Crippen LogP contribution in [0.3, 0.4) is 0 Å². The molecule has 0 aliphatic carbocycles. The van der Waals surface area contributed by atoms with E-state index in [-0.39, 0.29) is 18.1 Å². The number of nitrogens with one attached hydrogen (secondary N) is 1. The molecule has 3 aromatic carbocycles. The number of likely N-dealkylation sites (N-methyl/N-ethyl adjacent to an activating group) is 1. The molecule has 3 aromatic rings. The third-order valence-corrected chi connectivity index (χ3v) is 4.67. The number of nitro groups is 1. The van der Waals surface area contributed by atoms with Crippen LogP contribution in [0.5, 0.6) is 5.75 Å². The molecule has 0 saturated heterocycles. The van der Waals surface area contributed by atoms with Gasteiger partial charge in [-0.25, -0.2) is 0 Å². The summed E-state index contributed by atoms with van der Waals surface area (Å²) >= 11 is 0. The highest BCUT2D eigenvalue weighted by atomic mass is 16.6. The third-order valence-electron chi connectivity index (χ3n) is 4.67. The van der Waals surface area contributed by atoms with Crippen molar-refractivity contribution in [1.29, 1.82) is 0 Å². The fraction of sp³-hybridized carbons (Fsp3) is 0.227. The summed E-state index contributed by atoms with van der Waals surface area (Å²) in [6, 6.07) is 16.5. The van der Waals surface area contributed by atoms with Crippen LogP contribution < -0.4 is 10.1 Å². The van der Waals surface area contributed by atoms with Gasteiger partial charge in [-0.2, -0.15) is 0 Å².